The van der Waals surface area contributed by atoms with Gasteiger partial charge in [0.15, 0.2) is 11.5 Å². The summed E-state index contributed by atoms with van der Waals surface area (Å²) in [6.45, 7) is 1.95. The third-order valence-corrected chi connectivity index (χ3v) is 6.50. The monoisotopic (exact) mass is 419 g/mol. The third kappa shape index (κ3) is 3.75. The highest BCUT2D eigenvalue weighted by Crippen LogP contribution is 2.43. The largest absolute Gasteiger partial charge is 0.495 e. The first-order valence-electron chi connectivity index (χ1n) is 11.0. The van der Waals surface area contributed by atoms with E-state index in [1.807, 2.05) is 24.3 Å². The van der Waals surface area contributed by atoms with Crippen LogP contribution in [0.4, 0.5) is 5.69 Å². The number of para-hydroxylation sites is 2. The van der Waals surface area contributed by atoms with Crippen molar-refractivity contribution in [3.8, 4) is 17.2 Å². The normalized spacial score (nSPS) is 17.1. The number of benzene rings is 2. The minimum atomic E-state index is 0.395. The van der Waals surface area contributed by atoms with Gasteiger partial charge in [-0.2, -0.15) is 0 Å². The van der Waals surface area contributed by atoms with Crippen molar-refractivity contribution in [3.05, 3.63) is 47.9 Å². The summed E-state index contributed by atoms with van der Waals surface area (Å²) in [5.41, 5.74) is 3.28. The molecule has 1 aliphatic heterocycles. The minimum Gasteiger partial charge on any atom is -0.495 e. The lowest BCUT2D eigenvalue weighted by Gasteiger charge is -2.34. The van der Waals surface area contributed by atoms with E-state index in [-0.39, 0.29) is 0 Å². The Morgan fingerprint density at radius 1 is 0.774 bits per heavy atom. The van der Waals surface area contributed by atoms with Crippen LogP contribution in [0.25, 0.3) is 10.9 Å². The third-order valence-electron chi connectivity index (χ3n) is 6.50. The van der Waals surface area contributed by atoms with Crippen molar-refractivity contribution in [2.24, 2.45) is 0 Å². The van der Waals surface area contributed by atoms with Gasteiger partial charge < -0.3 is 19.1 Å². The molecular weight excluding hydrogens is 390 g/mol. The highest BCUT2D eigenvalue weighted by molar-refractivity contribution is 5.85. The van der Waals surface area contributed by atoms with Gasteiger partial charge in [0.25, 0.3) is 0 Å². The van der Waals surface area contributed by atoms with Crippen molar-refractivity contribution in [2.45, 2.75) is 37.5 Å². The lowest BCUT2D eigenvalue weighted by molar-refractivity contribution is 0.355. The number of hydrogen-bond acceptors (Lipinski definition) is 6. The van der Waals surface area contributed by atoms with Crippen molar-refractivity contribution in [2.75, 3.05) is 39.3 Å². The molecule has 31 heavy (non-hydrogen) atoms. The number of anilines is 1. The molecule has 0 N–H and O–H groups in total. The summed E-state index contributed by atoms with van der Waals surface area (Å²) < 4.78 is 16.7. The molecule has 6 nitrogen and oxygen atoms in total. The average Bonchev–Trinajstić information content (AvgIpc) is 3.68. The smallest absolute Gasteiger partial charge is 0.162 e. The molecule has 0 spiro atoms. The van der Waals surface area contributed by atoms with Crippen molar-refractivity contribution in [3.63, 3.8) is 0 Å². The standard InChI is InChI=1S/C25H29N3O3/c1-29-21-7-5-4-6-20(21)28-12-10-16(11-13-28)24-18-14-22(30-2)23(31-3)15-19(18)26-25(27-24)17-8-9-17/h4-7,14-17H,8-13H2,1-3H3. The van der Waals surface area contributed by atoms with Crippen LogP contribution >= 0.6 is 0 Å². The summed E-state index contributed by atoms with van der Waals surface area (Å²) in [4.78, 5) is 12.4. The van der Waals surface area contributed by atoms with Gasteiger partial charge in [-0.15, -0.1) is 0 Å². The summed E-state index contributed by atoms with van der Waals surface area (Å²) in [7, 11) is 5.08. The molecule has 0 bridgehead atoms. The Bertz CT molecular complexity index is 1090. The molecule has 5 rings (SSSR count). The van der Waals surface area contributed by atoms with Crippen LogP contribution in [0.1, 0.15) is 49.0 Å². The van der Waals surface area contributed by atoms with Crippen LogP contribution in [0, 0.1) is 0 Å². The van der Waals surface area contributed by atoms with Crippen LogP contribution in [0.15, 0.2) is 36.4 Å². The average molecular weight is 420 g/mol. The second-order valence-corrected chi connectivity index (χ2v) is 8.40. The summed E-state index contributed by atoms with van der Waals surface area (Å²) in [5.74, 6) is 4.26. The van der Waals surface area contributed by atoms with Gasteiger partial charge in [-0.3, -0.25) is 0 Å². The number of ether oxygens (including phenoxy) is 3. The fourth-order valence-corrected chi connectivity index (χ4v) is 4.62. The lowest BCUT2D eigenvalue weighted by Crippen LogP contribution is -2.33. The van der Waals surface area contributed by atoms with Crippen LogP contribution < -0.4 is 19.1 Å². The van der Waals surface area contributed by atoms with Crippen molar-refractivity contribution in [1.29, 1.82) is 0 Å². The van der Waals surface area contributed by atoms with Crippen LogP contribution in [0.5, 0.6) is 17.2 Å². The van der Waals surface area contributed by atoms with E-state index >= 15 is 0 Å². The van der Waals surface area contributed by atoms with Gasteiger partial charge in [0.1, 0.15) is 11.6 Å². The quantitative estimate of drug-likeness (QED) is 0.565. The predicted molar refractivity (Wildman–Crippen MR) is 122 cm³/mol. The molecule has 162 valence electrons. The second kappa shape index (κ2) is 8.25. The molecular formula is C25H29N3O3. The molecule has 1 aromatic heterocycles. The Hall–Kier alpha value is -3.02. The number of rotatable bonds is 6. The van der Waals surface area contributed by atoms with Crippen LogP contribution in [-0.2, 0) is 0 Å². The molecule has 3 aromatic rings. The van der Waals surface area contributed by atoms with E-state index in [1.165, 1.54) is 18.5 Å². The lowest BCUT2D eigenvalue weighted by atomic mass is 9.90. The summed E-state index contributed by atoms with van der Waals surface area (Å²) in [5, 5.41) is 1.08. The van der Waals surface area contributed by atoms with E-state index in [9.17, 15) is 0 Å². The molecule has 0 unspecified atom stereocenters. The summed E-state index contributed by atoms with van der Waals surface area (Å²) in [6, 6.07) is 12.3. The molecule has 2 fully saturated rings. The zero-order valence-electron chi connectivity index (χ0n) is 18.4. The molecule has 0 radical (unpaired) electrons. The molecule has 0 amide bonds. The van der Waals surface area contributed by atoms with Crippen molar-refractivity contribution < 1.29 is 14.2 Å². The molecule has 1 aliphatic carbocycles. The Balaban J connectivity index is 1.48. The molecule has 2 heterocycles. The Kier molecular flexibility index (Phi) is 5.30. The Morgan fingerprint density at radius 3 is 2.13 bits per heavy atom. The zero-order valence-corrected chi connectivity index (χ0v) is 18.4. The number of hydrogen-bond donors (Lipinski definition) is 0. The van der Waals surface area contributed by atoms with E-state index in [0.717, 1.165) is 59.9 Å². The number of fused-ring (bicyclic) bond motifs is 1. The number of aromatic nitrogens is 2. The molecule has 2 aromatic carbocycles. The SMILES string of the molecule is COc1cc2nc(C3CC3)nc(C3CCN(c4ccccc4OC)CC3)c2cc1OC. The van der Waals surface area contributed by atoms with E-state index in [4.69, 9.17) is 24.2 Å². The molecule has 2 aliphatic rings. The van der Waals surface area contributed by atoms with Gasteiger partial charge in [0.2, 0.25) is 0 Å². The maximum atomic E-state index is 5.58. The summed E-state index contributed by atoms with van der Waals surface area (Å²) in [6.07, 6.45) is 4.46. The Morgan fingerprint density at radius 2 is 1.45 bits per heavy atom. The van der Waals surface area contributed by atoms with Gasteiger partial charge in [-0.05, 0) is 43.9 Å². The van der Waals surface area contributed by atoms with Gasteiger partial charge in [0.05, 0.1) is 38.2 Å². The maximum absolute atomic E-state index is 5.58. The van der Waals surface area contributed by atoms with E-state index < -0.39 is 0 Å². The fourth-order valence-electron chi connectivity index (χ4n) is 4.62. The highest BCUT2D eigenvalue weighted by atomic mass is 16.5. The van der Waals surface area contributed by atoms with Crippen LogP contribution in [-0.4, -0.2) is 44.4 Å². The zero-order chi connectivity index (χ0) is 21.4. The maximum Gasteiger partial charge on any atom is 0.162 e. The van der Waals surface area contributed by atoms with E-state index in [1.54, 1.807) is 21.3 Å². The van der Waals surface area contributed by atoms with Gasteiger partial charge in [0, 0.05) is 36.4 Å². The van der Waals surface area contributed by atoms with Crippen LogP contribution in [0.3, 0.4) is 0 Å². The highest BCUT2D eigenvalue weighted by Gasteiger charge is 2.31. The molecule has 1 saturated heterocycles. The van der Waals surface area contributed by atoms with E-state index in [2.05, 4.69) is 17.0 Å². The first-order valence-corrected chi connectivity index (χ1v) is 11.0. The minimum absolute atomic E-state index is 0.395. The summed E-state index contributed by atoms with van der Waals surface area (Å²) >= 11 is 0. The first-order chi connectivity index (χ1) is 15.2. The predicted octanol–water partition coefficient (Wildman–Crippen LogP) is 4.92. The topological polar surface area (TPSA) is 56.7 Å². The van der Waals surface area contributed by atoms with Crippen molar-refractivity contribution in [1.82, 2.24) is 9.97 Å². The van der Waals surface area contributed by atoms with Gasteiger partial charge >= 0.3 is 0 Å². The second-order valence-electron chi connectivity index (χ2n) is 8.40. The van der Waals surface area contributed by atoms with Crippen molar-refractivity contribution >= 4 is 16.6 Å². The van der Waals surface area contributed by atoms with Crippen LogP contribution in [0.2, 0.25) is 0 Å². The van der Waals surface area contributed by atoms with Gasteiger partial charge in [-0.1, -0.05) is 12.1 Å². The number of nitrogens with zero attached hydrogens (tertiary/aromatic N) is 3. The number of piperidine rings is 1. The van der Waals surface area contributed by atoms with E-state index in [0.29, 0.717) is 17.6 Å². The number of methoxy groups -OCH3 is 3. The molecule has 6 heteroatoms. The molecule has 0 atom stereocenters. The molecule has 1 saturated carbocycles. The van der Waals surface area contributed by atoms with Gasteiger partial charge in [-0.25, -0.2) is 9.97 Å². The first kappa shape index (κ1) is 19.9. The fraction of sp³-hybridized carbons (Fsp3) is 0.440. The Labute approximate surface area is 183 Å².